The maximum Gasteiger partial charge on any atom is 0.134 e. The first-order valence-corrected chi connectivity index (χ1v) is 12.4. The van der Waals surface area contributed by atoms with Crippen molar-refractivity contribution in [2.45, 2.75) is 19.1 Å². The van der Waals surface area contributed by atoms with Crippen molar-refractivity contribution >= 4 is 0 Å². The molecule has 5 rings (SSSR count). The van der Waals surface area contributed by atoms with Gasteiger partial charge in [-0.3, -0.25) is 0 Å². The van der Waals surface area contributed by atoms with Crippen molar-refractivity contribution in [1.29, 1.82) is 0 Å². The maximum absolute atomic E-state index is 12.1. The third-order valence-electron chi connectivity index (χ3n) is 6.69. The molecular weight excluding hydrogens is 456 g/mol. The zero-order valence-electron chi connectivity index (χ0n) is 21.1. The van der Waals surface area contributed by atoms with Crippen LogP contribution in [-0.4, -0.2) is 12.2 Å². The molecule has 0 heterocycles. The average Bonchev–Trinajstić information content (AvgIpc) is 2.97. The zero-order chi connectivity index (χ0) is 25.7. The first-order valence-electron chi connectivity index (χ1n) is 12.4. The molecule has 5 aromatic carbocycles. The Balaban J connectivity index is 1.61. The molecule has 0 aliphatic carbocycles. The Kier molecular flexibility index (Phi) is 7.07. The van der Waals surface area contributed by atoms with Crippen LogP contribution < -0.4 is 9.47 Å². The minimum absolute atomic E-state index is 0.398. The number of aliphatic hydroxyl groups is 1. The zero-order valence-corrected chi connectivity index (χ0v) is 21.1. The summed E-state index contributed by atoms with van der Waals surface area (Å²) in [6.45, 7) is 2.23. The van der Waals surface area contributed by atoms with E-state index in [1.165, 1.54) is 0 Å². The van der Waals surface area contributed by atoms with Crippen LogP contribution in [0.15, 0.2) is 127 Å². The van der Waals surface area contributed by atoms with Gasteiger partial charge in [0, 0.05) is 16.7 Å². The standard InChI is InChI=1S/C34H30O3/c1-34(35,28-18-11-17-27(23-28)29-19-9-10-22-32(29)36-2)31-21-12-20-30(26-15-7-4-8-16-26)33(31)37-24-25-13-5-3-6-14-25/h3-23,35H,24H2,1-2H3. The lowest BCUT2D eigenvalue weighted by atomic mass is 9.84. The largest absolute Gasteiger partial charge is 0.496 e. The van der Waals surface area contributed by atoms with Gasteiger partial charge in [0.15, 0.2) is 0 Å². The average molecular weight is 487 g/mol. The van der Waals surface area contributed by atoms with Crippen LogP contribution in [0.3, 0.4) is 0 Å². The van der Waals surface area contributed by atoms with Crippen molar-refractivity contribution in [3.63, 3.8) is 0 Å². The van der Waals surface area contributed by atoms with E-state index in [0.717, 1.165) is 39.1 Å². The minimum atomic E-state index is -1.31. The van der Waals surface area contributed by atoms with Gasteiger partial charge in [0.1, 0.15) is 23.7 Å². The molecule has 0 aliphatic heterocycles. The molecule has 0 fully saturated rings. The van der Waals surface area contributed by atoms with Crippen molar-refractivity contribution in [2.24, 2.45) is 0 Å². The number of para-hydroxylation sites is 2. The van der Waals surface area contributed by atoms with Crippen molar-refractivity contribution in [3.05, 3.63) is 144 Å². The normalized spacial score (nSPS) is 12.5. The van der Waals surface area contributed by atoms with E-state index in [9.17, 15) is 5.11 Å². The molecule has 0 saturated carbocycles. The van der Waals surface area contributed by atoms with Gasteiger partial charge in [0.2, 0.25) is 0 Å². The summed E-state index contributed by atoms with van der Waals surface area (Å²) in [6, 6.07) is 42.1. The number of ether oxygens (including phenoxy) is 2. The molecule has 0 radical (unpaired) electrons. The van der Waals surface area contributed by atoms with Gasteiger partial charge in [0.25, 0.3) is 0 Å². The fourth-order valence-electron chi connectivity index (χ4n) is 4.68. The Morgan fingerprint density at radius 2 is 1.27 bits per heavy atom. The van der Waals surface area contributed by atoms with E-state index in [1.807, 2.05) is 122 Å². The molecule has 5 aromatic rings. The number of hydrogen-bond donors (Lipinski definition) is 1. The van der Waals surface area contributed by atoms with Crippen molar-refractivity contribution in [2.75, 3.05) is 7.11 Å². The van der Waals surface area contributed by atoms with Crippen molar-refractivity contribution < 1.29 is 14.6 Å². The van der Waals surface area contributed by atoms with E-state index < -0.39 is 5.60 Å². The van der Waals surface area contributed by atoms with Gasteiger partial charge in [-0.2, -0.15) is 0 Å². The lowest BCUT2D eigenvalue weighted by Gasteiger charge is -2.29. The van der Waals surface area contributed by atoms with Crippen LogP contribution in [0.25, 0.3) is 22.3 Å². The third-order valence-corrected chi connectivity index (χ3v) is 6.69. The van der Waals surface area contributed by atoms with Gasteiger partial charge in [-0.25, -0.2) is 0 Å². The summed E-state index contributed by atoms with van der Waals surface area (Å²) in [6.07, 6.45) is 0. The predicted molar refractivity (Wildman–Crippen MR) is 150 cm³/mol. The topological polar surface area (TPSA) is 38.7 Å². The van der Waals surface area contributed by atoms with Gasteiger partial charge >= 0.3 is 0 Å². The smallest absolute Gasteiger partial charge is 0.134 e. The van der Waals surface area contributed by atoms with E-state index in [1.54, 1.807) is 7.11 Å². The van der Waals surface area contributed by atoms with Crippen LogP contribution >= 0.6 is 0 Å². The molecule has 1 unspecified atom stereocenters. The van der Waals surface area contributed by atoms with E-state index in [0.29, 0.717) is 17.9 Å². The lowest BCUT2D eigenvalue weighted by molar-refractivity contribution is 0.0975. The molecule has 37 heavy (non-hydrogen) atoms. The molecular formula is C34H30O3. The van der Waals surface area contributed by atoms with Crippen molar-refractivity contribution in [3.8, 4) is 33.8 Å². The second kappa shape index (κ2) is 10.7. The molecule has 0 aliphatic rings. The monoisotopic (exact) mass is 486 g/mol. The number of benzene rings is 5. The molecule has 0 bridgehead atoms. The van der Waals surface area contributed by atoms with E-state index in [4.69, 9.17) is 9.47 Å². The Hall–Kier alpha value is -4.34. The summed E-state index contributed by atoms with van der Waals surface area (Å²) in [5.41, 5.74) is 5.15. The van der Waals surface area contributed by atoms with Crippen LogP contribution in [0, 0.1) is 0 Å². The molecule has 0 spiro atoms. The fraction of sp³-hybridized carbons (Fsp3) is 0.118. The van der Waals surface area contributed by atoms with Gasteiger partial charge in [-0.05, 0) is 41.3 Å². The second-order valence-electron chi connectivity index (χ2n) is 9.18. The first-order chi connectivity index (χ1) is 18.1. The molecule has 3 heteroatoms. The Labute approximate surface area is 218 Å². The highest BCUT2D eigenvalue weighted by Crippen LogP contribution is 2.43. The second-order valence-corrected chi connectivity index (χ2v) is 9.18. The summed E-state index contributed by atoms with van der Waals surface area (Å²) in [5, 5.41) is 12.1. The van der Waals surface area contributed by atoms with Gasteiger partial charge in [-0.1, -0.05) is 115 Å². The summed E-state index contributed by atoms with van der Waals surface area (Å²) in [5.74, 6) is 1.46. The molecule has 0 amide bonds. The van der Waals surface area contributed by atoms with Gasteiger partial charge < -0.3 is 14.6 Å². The lowest BCUT2D eigenvalue weighted by Crippen LogP contribution is -2.24. The Morgan fingerprint density at radius 1 is 0.649 bits per heavy atom. The summed E-state index contributed by atoms with van der Waals surface area (Å²) in [7, 11) is 1.67. The molecule has 3 nitrogen and oxygen atoms in total. The first kappa shape index (κ1) is 24.4. The minimum Gasteiger partial charge on any atom is -0.496 e. The summed E-state index contributed by atoms with van der Waals surface area (Å²) in [4.78, 5) is 0. The maximum atomic E-state index is 12.1. The van der Waals surface area contributed by atoms with E-state index >= 15 is 0 Å². The highest BCUT2D eigenvalue weighted by molar-refractivity contribution is 5.74. The highest BCUT2D eigenvalue weighted by atomic mass is 16.5. The van der Waals surface area contributed by atoms with E-state index in [-0.39, 0.29) is 0 Å². The molecule has 1 N–H and O–H groups in total. The van der Waals surface area contributed by atoms with Gasteiger partial charge in [-0.15, -0.1) is 0 Å². The number of hydrogen-bond acceptors (Lipinski definition) is 3. The quantitative estimate of drug-likeness (QED) is 0.243. The van der Waals surface area contributed by atoms with Crippen LogP contribution in [0.4, 0.5) is 0 Å². The fourth-order valence-corrected chi connectivity index (χ4v) is 4.68. The van der Waals surface area contributed by atoms with Crippen LogP contribution in [0.1, 0.15) is 23.6 Å². The van der Waals surface area contributed by atoms with Crippen LogP contribution in [0.5, 0.6) is 11.5 Å². The SMILES string of the molecule is COc1ccccc1-c1cccc(C(C)(O)c2cccc(-c3ccccc3)c2OCc2ccccc2)c1. The molecule has 184 valence electrons. The van der Waals surface area contributed by atoms with Crippen LogP contribution in [-0.2, 0) is 12.2 Å². The third kappa shape index (κ3) is 5.13. The Bertz CT molecular complexity index is 1470. The van der Waals surface area contributed by atoms with Gasteiger partial charge in [0.05, 0.1) is 7.11 Å². The number of methoxy groups -OCH3 is 1. The van der Waals surface area contributed by atoms with Crippen molar-refractivity contribution in [1.82, 2.24) is 0 Å². The molecule has 1 atom stereocenters. The summed E-state index contributed by atoms with van der Waals surface area (Å²) < 4.78 is 12.1. The Morgan fingerprint density at radius 3 is 2.03 bits per heavy atom. The summed E-state index contributed by atoms with van der Waals surface area (Å²) >= 11 is 0. The molecule has 0 saturated heterocycles. The molecule has 0 aromatic heterocycles. The van der Waals surface area contributed by atoms with Crippen LogP contribution in [0.2, 0.25) is 0 Å². The van der Waals surface area contributed by atoms with E-state index in [2.05, 4.69) is 12.1 Å². The predicted octanol–water partition coefficient (Wildman–Crippen LogP) is 7.86. The highest BCUT2D eigenvalue weighted by Gasteiger charge is 2.31. The number of rotatable bonds is 8.